The zero-order valence-corrected chi connectivity index (χ0v) is 13.2. The van der Waals surface area contributed by atoms with Crippen molar-refractivity contribution in [1.82, 2.24) is 5.32 Å². The normalized spacial score (nSPS) is 14.5. The fourth-order valence-corrected chi connectivity index (χ4v) is 1.87. The van der Waals surface area contributed by atoms with Crippen LogP contribution in [0.15, 0.2) is 24.3 Å². The smallest absolute Gasteiger partial charge is 0.408 e. The number of rotatable bonds is 4. The zero-order valence-electron chi connectivity index (χ0n) is 12.4. The lowest BCUT2D eigenvalue weighted by molar-refractivity contribution is 0.0630. The van der Waals surface area contributed by atoms with E-state index in [1.165, 1.54) is 0 Å². The van der Waals surface area contributed by atoms with E-state index in [0.29, 0.717) is 11.6 Å². The van der Waals surface area contributed by atoms with Crippen molar-refractivity contribution in [2.45, 2.75) is 39.3 Å². The van der Waals surface area contributed by atoms with Gasteiger partial charge in [-0.1, -0.05) is 30.7 Å². The second-order valence-corrected chi connectivity index (χ2v) is 6.40. The van der Waals surface area contributed by atoms with E-state index in [1.54, 1.807) is 12.1 Å². The summed E-state index contributed by atoms with van der Waals surface area (Å²) in [5.41, 5.74) is 6.25. The van der Waals surface area contributed by atoms with Crippen molar-refractivity contribution in [2.75, 3.05) is 6.54 Å². The van der Waals surface area contributed by atoms with E-state index in [9.17, 15) is 4.79 Å². The van der Waals surface area contributed by atoms with Crippen molar-refractivity contribution in [2.24, 2.45) is 11.7 Å². The summed E-state index contributed by atoms with van der Waals surface area (Å²) < 4.78 is 5.53. The number of amides is 1. The van der Waals surface area contributed by atoms with Crippen LogP contribution in [-0.2, 0) is 4.74 Å². The summed E-state index contributed by atoms with van der Waals surface area (Å²) in [4.78, 5) is 11.9. The van der Waals surface area contributed by atoms with Crippen LogP contribution in [0.5, 0.6) is 0 Å². The lowest BCUT2D eigenvalue weighted by Gasteiger charge is -2.27. The molecule has 0 heterocycles. The van der Waals surface area contributed by atoms with Crippen LogP contribution >= 0.6 is 11.6 Å². The number of halogens is 1. The van der Waals surface area contributed by atoms with Crippen LogP contribution in [0.3, 0.4) is 0 Å². The first-order chi connectivity index (χ1) is 9.23. The summed E-state index contributed by atoms with van der Waals surface area (Å²) in [5, 5.41) is 3.43. The average molecular weight is 299 g/mol. The van der Waals surface area contributed by atoms with Gasteiger partial charge in [0.25, 0.3) is 0 Å². The SMILES string of the molecule is CC(CN)[C@H](OC(=O)NC(C)(C)C)c1ccc(Cl)cc1. The molecule has 0 saturated heterocycles. The number of carbonyl (C=O) groups is 1. The maximum Gasteiger partial charge on any atom is 0.408 e. The molecule has 3 N–H and O–H groups in total. The highest BCUT2D eigenvalue weighted by Gasteiger charge is 2.24. The molecule has 1 amide bonds. The van der Waals surface area contributed by atoms with Crippen LogP contribution in [0.25, 0.3) is 0 Å². The third-order valence-electron chi connectivity index (χ3n) is 2.80. The highest BCUT2D eigenvalue weighted by Crippen LogP contribution is 2.27. The van der Waals surface area contributed by atoms with E-state index < -0.39 is 6.09 Å². The van der Waals surface area contributed by atoms with Gasteiger partial charge in [0.05, 0.1) is 0 Å². The number of ether oxygens (including phenoxy) is 1. The standard InChI is InChI=1S/C15H23ClN2O2/c1-10(9-17)13(11-5-7-12(16)8-6-11)20-14(19)18-15(2,3)4/h5-8,10,13H,9,17H2,1-4H3,(H,18,19)/t10?,13-/m0/s1. The van der Waals surface area contributed by atoms with Crippen molar-refractivity contribution in [3.63, 3.8) is 0 Å². The highest BCUT2D eigenvalue weighted by atomic mass is 35.5. The Labute approximate surface area is 125 Å². The Morgan fingerprint density at radius 1 is 1.35 bits per heavy atom. The van der Waals surface area contributed by atoms with E-state index in [1.807, 2.05) is 39.8 Å². The van der Waals surface area contributed by atoms with Gasteiger partial charge >= 0.3 is 6.09 Å². The van der Waals surface area contributed by atoms with E-state index in [4.69, 9.17) is 22.1 Å². The van der Waals surface area contributed by atoms with E-state index in [-0.39, 0.29) is 17.6 Å². The van der Waals surface area contributed by atoms with Crippen LogP contribution < -0.4 is 11.1 Å². The first-order valence-corrected chi connectivity index (χ1v) is 7.05. The summed E-state index contributed by atoms with van der Waals surface area (Å²) in [6, 6.07) is 7.25. The molecule has 0 bridgehead atoms. The van der Waals surface area contributed by atoms with Gasteiger partial charge in [-0.3, -0.25) is 0 Å². The van der Waals surface area contributed by atoms with Gasteiger partial charge in [-0.2, -0.15) is 0 Å². The Balaban J connectivity index is 2.85. The molecule has 20 heavy (non-hydrogen) atoms. The average Bonchev–Trinajstić information content (AvgIpc) is 2.34. The molecule has 112 valence electrons. The van der Waals surface area contributed by atoms with E-state index in [2.05, 4.69) is 5.32 Å². The minimum Gasteiger partial charge on any atom is -0.441 e. The molecule has 0 aliphatic carbocycles. The van der Waals surface area contributed by atoms with Crippen LogP contribution in [0.4, 0.5) is 4.79 Å². The molecule has 1 rings (SSSR count). The third-order valence-corrected chi connectivity index (χ3v) is 3.05. The molecule has 0 spiro atoms. The maximum atomic E-state index is 11.9. The number of hydrogen-bond donors (Lipinski definition) is 2. The van der Waals surface area contributed by atoms with Crippen LogP contribution in [-0.4, -0.2) is 18.2 Å². The lowest BCUT2D eigenvalue weighted by atomic mass is 9.97. The Bertz CT molecular complexity index is 440. The quantitative estimate of drug-likeness (QED) is 0.894. The topological polar surface area (TPSA) is 64.3 Å². The molecule has 1 unspecified atom stereocenters. The molecule has 2 atom stereocenters. The van der Waals surface area contributed by atoms with Crippen LogP contribution in [0.1, 0.15) is 39.4 Å². The molecule has 0 aliphatic rings. The van der Waals surface area contributed by atoms with Crippen molar-refractivity contribution >= 4 is 17.7 Å². The van der Waals surface area contributed by atoms with Gasteiger partial charge in [0.15, 0.2) is 0 Å². The molecule has 0 fully saturated rings. The summed E-state index contributed by atoms with van der Waals surface area (Å²) in [7, 11) is 0. The molecule has 5 heteroatoms. The predicted molar refractivity (Wildman–Crippen MR) is 81.8 cm³/mol. The molecule has 4 nitrogen and oxygen atoms in total. The molecule has 0 saturated carbocycles. The van der Waals surface area contributed by atoms with Crippen molar-refractivity contribution in [1.29, 1.82) is 0 Å². The van der Waals surface area contributed by atoms with Gasteiger partial charge in [-0.15, -0.1) is 0 Å². The molecule has 1 aromatic rings. The number of alkyl carbamates (subject to hydrolysis) is 1. The summed E-state index contributed by atoms with van der Waals surface area (Å²) in [6.45, 7) is 8.08. The maximum absolute atomic E-state index is 11.9. The Hall–Kier alpha value is -1.26. The highest BCUT2D eigenvalue weighted by molar-refractivity contribution is 6.30. The molecule has 0 aliphatic heterocycles. The van der Waals surface area contributed by atoms with Gasteiger partial charge in [-0.05, 0) is 45.0 Å². The van der Waals surface area contributed by atoms with Gasteiger partial charge in [-0.25, -0.2) is 4.79 Å². The second kappa shape index (κ2) is 6.95. The first kappa shape index (κ1) is 16.8. The van der Waals surface area contributed by atoms with Gasteiger partial charge in [0.1, 0.15) is 6.10 Å². The minimum atomic E-state index is -0.447. The van der Waals surface area contributed by atoms with Crippen LogP contribution in [0, 0.1) is 5.92 Å². The zero-order chi connectivity index (χ0) is 15.3. The van der Waals surface area contributed by atoms with Crippen LogP contribution in [0.2, 0.25) is 5.02 Å². The monoisotopic (exact) mass is 298 g/mol. The molecule has 0 radical (unpaired) electrons. The lowest BCUT2D eigenvalue weighted by Crippen LogP contribution is -2.42. The summed E-state index contributed by atoms with van der Waals surface area (Å²) >= 11 is 5.88. The number of hydrogen-bond acceptors (Lipinski definition) is 3. The predicted octanol–water partition coefficient (Wildman–Crippen LogP) is 3.50. The van der Waals surface area contributed by atoms with Crippen molar-refractivity contribution < 1.29 is 9.53 Å². The number of nitrogens with one attached hydrogen (secondary N) is 1. The number of benzene rings is 1. The number of nitrogens with two attached hydrogens (primary N) is 1. The van der Waals surface area contributed by atoms with Crippen molar-refractivity contribution in [3.05, 3.63) is 34.9 Å². The summed E-state index contributed by atoms with van der Waals surface area (Å²) in [6.07, 6.45) is -0.836. The minimum absolute atomic E-state index is 0.0156. The molecular weight excluding hydrogens is 276 g/mol. The van der Waals surface area contributed by atoms with E-state index in [0.717, 1.165) is 5.56 Å². The van der Waals surface area contributed by atoms with Gasteiger partial charge < -0.3 is 15.8 Å². The van der Waals surface area contributed by atoms with E-state index >= 15 is 0 Å². The summed E-state index contributed by atoms with van der Waals surface area (Å²) in [5.74, 6) is 0.0156. The van der Waals surface area contributed by atoms with Crippen molar-refractivity contribution in [3.8, 4) is 0 Å². The Kier molecular flexibility index (Phi) is 5.84. The third kappa shape index (κ3) is 5.39. The Morgan fingerprint density at radius 3 is 2.35 bits per heavy atom. The Morgan fingerprint density at radius 2 is 1.90 bits per heavy atom. The fourth-order valence-electron chi connectivity index (χ4n) is 1.74. The molecule has 1 aromatic carbocycles. The van der Waals surface area contributed by atoms with Gasteiger partial charge in [0.2, 0.25) is 0 Å². The molecule has 0 aromatic heterocycles. The fraction of sp³-hybridized carbons (Fsp3) is 0.533. The molecular formula is C15H23ClN2O2. The van der Waals surface area contributed by atoms with Gasteiger partial charge in [0, 0.05) is 16.5 Å². The largest absolute Gasteiger partial charge is 0.441 e. The number of carbonyl (C=O) groups excluding carboxylic acids is 1. The first-order valence-electron chi connectivity index (χ1n) is 6.67. The second-order valence-electron chi connectivity index (χ2n) is 5.97.